The zero-order valence-electron chi connectivity index (χ0n) is 17.4. The first-order valence-electron chi connectivity index (χ1n) is 9.99. The summed E-state index contributed by atoms with van der Waals surface area (Å²) >= 11 is 2.69. The molecule has 2 heterocycles. The van der Waals surface area contributed by atoms with E-state index in [2.05, 4.69) is 36.3 Å². The van der Waals surface area contributed by atoms with E-state index in [1.165, 1.54) is 34.2 Å². The van der Waals surface area contributed by atoms with E-state index in [0.717, 1.165) is 11.1 Å². The Morgan fingerprint density at radius 2 is 1.87 bits per heavy atom. The number of hydrogen-bond acceptors (Lipinski definition) is 5. The molecule has 2 aromatic carbocycles. The lowest BCUT2D eigenvalue weighted by atomic mass is 10.1. The lowest BCUT2D eigenvalue weighted by Gasteiger charge is -2.13. The number of nitrogens with zero attached hydrogens (tertiary/aromatic N) is 2. The van der Waals surface area contributed by atoms with Crippen molar-refractivity contribution in [2.75, 3.05) is 5.75 Å². The van der Waals surface area contributed by atoms with Gasteiger partial charge in [-0.3, -0.25) is 14.2 Å². The van der Waals surface area contributed by atoms with Crippen LogP contribution in [0.3, 0.4) is 0 Å². The molecule has 0 unspecified atom stereocenters. The number of carbonyl (C=O) groups excluding carboxylic acids is 1. The van der Waals surface area contributed by atoms with Gasteiger partial charge in [0.25, 0.3) is 5.56 Å². The molecule has 0 radical (unpaired) electrons. The number of fused-ring (bicyclic) bond motifs is 1. The zero-order valence-corrected chi connectivity index (χ0v) is 19.1. The molecule has 0 atom stereocenters. The molecule has 158 valence electrons. The molecule has 0 aliphatic carbocycles. The van der Waals surface area contributed by atoms with Crippen molar-refractivity contribution in [2.24, 2.45) is 0 Å². The highest BCUT2D eigenvalue weighted by molar-refractivity contribution is 7.99. The number of thioether (sulfide) groups is 1. The molecule has 0 aliphatic heterocycles. The van der Waals surface area contributed by atoms with Crippen LogP contribution in [-0.2, 0) is 17.9 Å². The molecule has 31 heavy (non-hydrogen) atoms. The molecule has 0 saturated carbocycles. The largest absolute Gasteiger partial charge is 0.351 e. The third-order valence-corrected chi connectivity index (χ3v) is 6.98. The van der Waals surface area contributed by atoms with Crippen molar-refractivity contribution in [3.63, 3.8) is 0 Å². The summed E-state index contributed by atoms with van der Waals surface area (Å²) in [7, 11) is 0. The van der Waals surface area contributed by atoms with Crippen LogP contribution in [0.25, 0.3) is 10.2 Å². The summed E-state index contributed by atoms with van der Waals surface area (Å²) in [6.45, 7) is 5.04. The molecule has 0 spiro atoms. The van der Waals surface area contributed by atoms with Gasteiger partial charge in [0.05, 0.1) is 17.8 Å². The van der Waals surface area contributed by atoms with Crippen molar-refractivity contribution in [3.05, 3.63) is 92.6 Å². The van der Waals surface area contributed by atoms with Crippen molar-refractivity contribution in [2.45, 2.75) is 32.1 Å². The second-order valence-electron chi connectivity index (χ2n) is 7.39. The number of aryl methyl sites for hydroxylation is 2. The van der Waals surface area contributed by atoms with Crippen LogP contribution in [0.4, 0.5) is 0 Å². The van der Waals surface area contributed by atoms with Gasteiger partial charge in [-0.2, -0.15) is 0 Å². The van der Waals surface area contributed by atoms with E-state index in [9.17, 15) is 9.59 Å². The summed E-state index contributed by atoms with van der Waals surface area (Å²) in [6.07, 6.45) is 0. The summed E-state index contributed by atoms with van der Waals surface area (Å²) in [4.78, 5) is 30.2. The van der Waals surface area contributed by atoms with Crippen LogP contribution in [0.1, 0.15) is 22.3 Å². The Labute approximate surface area is 189 Å². The van der Waals surface area contributed by atoms with Crippen LogP contribution < -0.4 is 10.9 Å². The zero-order chi connectivity index (χ0) is 21.8. The maximum absolute atomic E-state index is 13.1. The van der Waals surface area contributed by atoms with Crippen molar-refractivity contribution < 1.29 is 4.79 Å². The first kappa shape index (κ1) is 21.3. The molecule has 5 nitrogen and oxygen atoms in total. The molecule has 4 rings (SSSR count). The highest BCUT2D eigenvalue weighted by Gasteiger charge is 2.15. The second-order valence-corrected chi connectivity index (χ2v) is 9.25. The number of benzene rings is 2. The molecule has 0 aliphatic rings. The normalized spacial score (nSPS) is 11.0. The third-order valence-electron chi connectivity index (χ3n) is 5.11. The lowest BCUT2D eigenvalue weighted by Crippen LogP contribution is -2.26. The summed E-state index contributed by atoms with van der Waals surface area (Å²) in [5.74, 6) is 0.105. The van der Waals surface area contributed by atoms with Gasteiger partial charge in [-0.1, -0.05) is 60.3 Å². The molecule has 0 bridgehead atoms. The highest BCUT2D eigenvalue weighted by Crippen LogP contribution is 2.22. The molecule has 4 aromatic rings. The van der Waals surface area contributed by atoms with Crippen LogP contribution >= 0.6 is 23.1 Å². The summed E-state index contributed by atoms with van der Waals surface area (Å²) in [5.41, 5.74) is 5.10. The fourth-order valence-electron chi connectivity index (χ4n) is 3.24. The van der Waals surface area contributed by atoms with Gasteiger partial charge in [-0.05, 0) is 47.5 Å². The molecule has 0 fully saturated rings. The van der Waals surface area contributed by atoms with Gasteiger partial charge < -0.3 is 5.32 Å². The number of carbonyl (C=O) groups is 1. The fraction of sp³-hybridized carbons (Fsp3) is 0.208. The van der Waals surface area contributed by atoms with Crippen LogP contribution in [0, 0.1) is 13.8 Å². The Morgan fingerprint density at radius 1 is 1.06 bits per heavy atom. The van der Waals surface area contributed by atoms with Crippen molar-refractivity contribution in [1.82, 2.24) is 14.9 Å². The van der Waals surface area contributed by atoms with Gasteiger partial charge in [0.2, 0.25) is 5.91 Å². The van der Waals surface area contributed by atoms with Crippen LogP contribution in [0.15, 0.2) is 69.9 Å². The Morgan fingerprint density at radius 3 is 2.65 bits per heavy atom. The predicted molar refractivity (Wildman–Crippen MR) is 128 cm³/mol. The summed E-state index contributed by atoms with van der Waals surface area (Å²) in [5, 5.41) is 5.36. The topological polar surface area (TPSA) is 64.0 Å². The van der Waals surface area contributed by atoms with E-state index in [-0.39, 0.29) is 17.2 Å². The standard InChI is InChI=1S/C24H23N3O2S2/c1-16-8-9-19(12-17(16)2)14-27-23(29)22-20(10-11-30-22)26-24(27)31-15-21(28)25-13-18-6-4-3-5-7-18/h3-12H,13-15H2,1-2H3,(H,25,28). The Bertz CT molecular complexity index is 1280. The molecule has 1 amide bonds. The number of thiophene rings is 1. The fourth-order valence-corrected chi connectivity index (χ4v) is 4.84. The number of hydrogen-bond donors (Lipinski definition) is 1. The van der Waals surface area contributed by atoms with Gasteiger partial charge in [-0.15, -0.1) is 11.3 Å². The maximum Gasteiger partial charge on any atom is 0.272 e. The molecular weight excluding hydrogens is 426 g/mol. The Hall–Kier alpha value is -2.90. The summed E-state index contributed by atoms with van der Waals surface area (Å²) < 4.78 is 2.32. The first-order chi connectivity index (χ1) is 15.0. The molecule has 1 N–H and O–H groups in total. The van der Waals surface area contributed by atoms with E-state index < -0.39 is 0 Å². The average Bonchev–Trinajstić information content (AvgIpc) is 3.25. The monoisotopic (exact) mass is 449 g/mol. The number of rotatable bonds is 7. The predicted octanol–water partition coefficient (Wildman–Crippen LogP) is 4.53. The minimum atomic E-state index is -0.0914. The van der Waals surface area contributed by atoms with Crippen LogP contribution in [0.2, 0.25) is 0 Å². The van der Waals surface area contributed by atoms with E-state index in [1.807, 2.05) is 47.8 Å². The first-order valence-corrected chi connectivity index (χ1v) is 11.9. The van der Waals surface area contributed by atoms with Crippen LogP contribution in [-0.4, -0.2) is 21.2 Å². The van der Waals surface area contributed by atoms with E-state index in [0.29, 0.717) is 28.5 Å². The molecular formula is C24H23N3O2S2. The van der Waals surface area contributed by atoms with Gasteiger partial charge in [0.1, 0.15) is 4.70 Å². The SMILES string of the molecule is Cc1ccc(Cn2c(SCC(=O)NCc3ccccc3)nc3ccsc3c2=O)cc1C. The number of amides is 1. The third kappa shape index (κ3) is 5.06. The van der Waals surface area contributed by atoms with Gasteiger partial charge in [0, 0.05) is 6.54 Å². The maximum atomic E-state index is 13.1. The molecule has 2 aromatic heterocycles. The lowest BCUT2D eigenvalue weighted by molar-refractivity contribution is -0.118. The Kier molecular flexibility index (Phi) is 6.53. The quantitative estimate of drug-likeness (QED) is 0.333. The van der Waals surface area contributed by atoms with E-state index >= 15 is 0 Å². The van der Waals surface area contributed by atoms with Crippen LogP contribution in [0.5, 0.6) is 0 Å². The highest BCUT2D eigenvalue weighted by atomic mass is 32.2. The van der Waals surface area contributed by atoms with Crippen molar-refractivity contribution in [1.29, 1.82) is 0 Å². The molecule has 7 heteroatoms. The average molecular weight is 450 g/mol. The van der Waals surface area contributed by atoms with Crippen molar-refractivity contribution in [3.8, 4) is 0 Å². The Balaban J connectivity index is 1.54. The smallest absolute Gasteiger partial charge is 0.272 e. The van der Waals surface area contributed by atoms with Gasteiger partial charge >= 0.3 is 0 Å². The van der Waals surface area contributed by atoms with Crippen molar-refractivity contribution >= 4 is 39.2 Å². The van der Waals surface area contributed by atoms with Gasteiger partial charge in [0.15, 0.2) is 5.16 Å². The van der Waals surface area contributed by atoms with E-state index in [1.54, 1.807) is 4.57 Å². The number of nitrogens with one attached hydrogen (secondary N) is 1. The summed E-state index contributed by atoms with van der Waals surface area (Å²) in [6, 6.07) is 17.8. The number of aromatic nitrogens is 2. The molecule has 0 saturated heterocycles. The van der Waals surface area contributed by atoms with Gasteiger partial charge in [-0.25, -0.2) is 4.98 Å². The minimum absolute atomic E-state index is 0.0644. The van der Waals surface area contributed by atoms with E-state index in [4.69, 9.17) is 0 Å². The minimum Gasteiger partial charge on any atom is -0.351 e. The second kappa shape index (κ2) is 9.49.